The van der Waals surface area contributed by atoms with Crippen LogP contribution in [0.5, 0.6) is 11.5 Å². The number of nitrogens with zero attached hydrogens (tertiary/aromatic N) is 1. The molecule has 0 fully saturated rings. The molecule has 1 heterocycles. The molecule has 124 valence electrons. The quantitative estimate of drug-likeness (QED) is 0.514. The summed E-state index contributed by atoms with van der Waals surface area (Å²) in [6.45, 7) is 0.167. The first-order chi connectivity index (χ1) is 11.6. The molecule has 0 aliphatic rings. The summed E-state index contributed by atoms with van der Waals surface area (Å²) in [7, 11) is 1.62. The summed E-state index contributed by atoms with van der Waals surface area (Å²) in [6.07, 6.45) is 0. The Bertz CT molecular complexity index is 847. The van der Waals surface area contributed by atoms with Gasteiger partial charge in [0.15, 0.2) is 5.76 Å². The van der Waals surface area contributed by atoms with Gasteiger partial charge < -0.3 is 14.0 Å². The van der Waals surface area contributed by atoms with E-state index in [1.807, 2.05) is 24.3 Å². The van der Waals surface area contributed by atoms with Crippen molar-refractivity contribution in [3.8, 4) is 22.8 Å². The molecule has 24 heavy (non-hydrogen) atoms. The van der Waals surface area contributed by atoms with Gasteiger partial charge in [-0.15, -0.1) is 0 Å². The van der Waals surface area contributed by atoms with Crippen LogP contribution in [0.3, 0.4) is 0 Å². The summed E-state index contributed by atoms with van der Waals surface area (Å²) >= 11 is 17.9. The fraction of sp³-hybridized carbons (Fsp3) is 0.118. The van der Waals surface area contributed by atoms with E-state index >= 15 is 0 Å². The SMILES string of the molecule is COc1ccc(-c2cc(COc3cc(Cl)c(Cl)cc3Cl)on2)cc1. The first kappa shape index (κ1) is 17.0. The van der Waals surface area contributed by atoms with Crippen LogP contribution in [0.25, 0.3) is 11.3 Å². The first-order valence-corrected chi connectivity index (χ1v) is 8.07. The fourth-order valence-electron chi connectivity index (χ4n) is 2.04. The molecule has 3 rings (SSSR count). The summed E-state index contributed by atoms with van der Waals surface area (Å²) in [6, 6.07) is 12.4. The van der Waals surface area contributed by atoms with Crippen molar-refractivity contribution in [1.82, 2.24) is 5.16 Å². The second-order valence-electron chi connectivity index (χ2n) is 4.89. The molecule has 0 atom stereocenters. The Hall–Kier alpha value is -1.88. The predicted molar refractivity (Wildman–Crippen MR) is 94.3 cm³/mol. The van der Waals surface area contributed by atoms with Crippen LogP contribution in [0.1, 0.15) is 5.76 Å². The molecular formula is C17H12Cl3NO3. The Kier molecular flexibility index (Phi) is 5.19. The van der Waals surface area contributed by atoms with E-state index in [9.17, 15) is 0 Å². The minimum absolute atomic E-state index is 0.167. The van der Waals surface area contributed by atoms with Crippen LogP contribution in [0.15, 0.2) is 47.0 Å². The number of halogens is 3. The molecule has 7 heteroatoms. The third-order valence-electron chi connectivity index (χ3n) is 3.29. The average Bonchev–Trinajstić information content (AvgIpc) is 3.06. The van der Waals surface area contributed by atoms with Crippen LogP contribution >= 0.6 is 34.8 Å². The molecule has 0 unspecified atom stereocenters. The van der Waals surface area contributed by atoms with Crippen LogP contribution in [-0.2, 0) is 6.61 Å². The molecule has 1 aromatic heterocycles. The molecule has 0 bridgehead atoms. The molecule has 0 saturated carbocycles. The summed E-state index contributed by atoms with van der Waals surface area (Å²) in [4.78, 5) is 0. The highest BCUT2D eigenvalue weighted by molar-refractivity contribution is 6.43. The van der Waals surface area contributed by atoms with Crippen LogP contribution in [0.4, 0.5) is 0 Å². The van der Waals surface area contributed by atoms with Crippen molar-refractivity contribution in [2.75, 3.05) is 7.11 Å². The Morgan fingerprint density at radius 3 is 2.38 bits per heavy atom. The van der Waals surface area contributed by atoms with Crippen molar-refractivity contribution >= 4 is 34.8 Å². The maximum absolute atomic E-state index is 6.07. The van der Waals surface area contributed by atoms with Crippen molar-refractivity contribution in [2.24, 2.45) is 0 Å². The van der Waals surface area contributed by atoms with Gasteiger partial charge in [-0.1, -0.05) is 40.0 Å². The molecule has 0 aliphatic heterocycles. The van der Waals surface area contributed by atoms with E-state index in [1.54, 1.807) is 19.2 Å². The predicted octanol–water partition coefficient (Wildman–Crippen LogP) is 5.89. The van der Waals surface area contributed by atoms with Crippen molar-refractivity contribution in [3.05, 3.63) is 63.3 Å². The Labute approximate surface area is 153 Å². The van der Waals surface area contributed by atoms with E-state index < -0.39 is 0 Å². The molecular weight excluding hydrogens is 373 g/mol. The maximum Gasteiger partial charge on any atom is 0.174 e. The minimum atomic E-state index is 0.167. The zero-order valence-corrected chi connectivity index (χ0v) is 14.8. The number of ether oxygens (including phenoxy) is 2. The third-order valence-corrected chi connectivity index (χ3v) is 4.31. The number of hydrogen-bond donors (Lipinski definition) is 0. The first-order valence-electron chi connectivity index (χ1n) is 6.94. The van der Waals surface area contributed by atoms with Crippen LogP contribution < -0.4 is 9.47 Å². The van der Waals surface area contributed by atoms with Gasteiger partial charge in [-0.3, -0.25) is 0 Å². The van der Waals surface area contributed by atoms with E-state index in [-0.39, 0.29) is 6.61 Å². The Balaban J connectivity index is 1.71. The zero-order valence-electron chi connectivity index (χ0n) is 12.6. The Morgan fingerprint density at radius 1 is 0.958 bits per heavy atom. The highest BCUT2D eigenvalue weighted by Gasteiger charge is 2.11. The molecule has 4 nitrogen and oxygen atoms in total. The van der Waals surface area contributed by atoms with Gasteiger partial charge in [0.1, 0.15) is 23.8 Å². The van der Waals surface area contributed by atoms with Gasteiger partial charge in [0.2, 0.25) is 0 Å². The van der Waals surface area contributed by atoms with Gasteiger partial charge in [0.05, 0.1) is 22.2 Å². The number of hydrogen-bond acceptors (Lipinski definition) is 4. The topological polar surface area (TPSA) is 44.5 Å². The van der Waals surface area contributed by atoms with Crippen LogP contribution in [-0.4, -0.2) is 12.3 Å². The second kappa shape index (κ2) is 7.34. The lowest BCUT2D eigenvalue weighted by molar-refractivity contribution is 0.250. The van der Waals surface area contributed by atoms with E-state index in [2.05, 4.69) is 5.16 Å². The molecule has 0 aliphatic carbocycles. The van der Waals surface area contributed by atoms with Crippen LogP contribution in [0, 0.1) is 0 Å². The summed E-state index contributed by atoms with van der Waals surface area (Å²) in [5, 5.41) is 5.15. The standard InChI is InChI=1S/C17H12Cl3NO3/c1-22-11-4-2-10(3-5-11)16-6-12(24-21-16)9-23-17-8-14(19)13(18)7-15(17)20/h2-8H,9H2,1H3. The molecule has 0 N–H and O–H groups in total. The highest BCUT2D eigenvalue weighted by atomic mass is 35.5. The van der Waals surface area contributed by atoms with Gasteiger partial charge in [0, 0.05) is 17.7 Å². The number of benzene rings is 2. The van der Waals surface area contributed by atoms with Crippen molar-refractivity contribution < 1.29 is 14.0 Å². The van der Waals surface area contributed by atoms with Crippen molar-refractivity contribution in [1.29, 1.82) is 0 Å². The summed E-state index contributed by atoms with van der Waals surface area (Å²) in [5.41, 5.74) is 1.62. The summed E-state index contributed by atoms with van der Waals surface area (Å²) < 4.78 is 16.0. The number of methoxy groups -OCH3 is 1. The highest BCUT2D eigenvalue weighted by Crippen LogP contribution is 2.34. The normalized spacial score (nSPS) is 10.7. The Morgan fingerprint density at radius 2 is 1.67 bits per heavy atom. The molecule has 0 radical (unpaired) electrons. The van der Waals surface area contributed by atoms with E-state index in [0.29, 0.717) is 32.3 Å². The largest absolute Gasteiger partial charge is 0.497 e. The lowest BCUT2D eigenvalue weighted by atomic mass is 10.1. The lowest BCUT2D eigenvalue weighted by Gasteiger charge is -2.07. The van der Waals surface area contributed by atoms with Crippen molar-refractivity contribution in [2.45, 2.75) is 6.61 Å². The zero-order chi connectivity index (χ0) is 17.1. The number of rotatable bonds is 5. The second-order valence-corrected chi connectivity index (χ2v) is 6.11. The smallest absolute Gasteiger partial charge is 0.174 e. The number of aromatic nitrogens is 1. The van der Waals surface area contributed by atoms with E-state index in [1.165, 1.54) is 6.07 Å². The van der Waals surface area contributed by atoms with Gasteiger partial charge in [-0.05, 0) is 30.3 Å². The third kappa shape index (κ3) is 3.78. The van der Waals surface area contributed by atoms with E-state index in [4.69, 9.17) is 48.8 Å². The maximum atomic E-state index is 6.07. The fourth-order valence-corrected chi connectivity index (χ4v) is 2.63. The minimum Gasteiger partial charge on any atom is -0.497 e. The summed E-state index contributed by atoms with van der Waals surface area (Å²) in [5.74, 6) is 1.76. The van der Waals surface area contributed by atoms with Gasteiger partial charge in [-0.25, -0.2) is 0 Å². The average molecular weight is 385 g/mol. The van der Waals surface area contributed by atoms with Gasteiger partial charge in [-0.2, -0.15) is 0 Å². The molecule has 0 spiro atoms. The van der Waals surface area contributed by atoms with Crippen LogP contribution in [0.2, 0.25) is 15.1 Å². The molecule has 0 saturated heterocycles. The van der Waals surface area contributed by atoms with Gasteiger partial charge >= 0.3 is 0 Å². The molecule has 0 amide bonds. The van der Waals surface area contributed by atoms with Crippen molar-refractivity contribution in [3.63, 3.8) is 0 Å². The molecule has 3 aromatic rings. The monoisotopic (exact) mass is 383 g/mol. The lowest BCUT2D eigenvalue weighted by Crippen LogP contribution is -1.94. The van der Waals surface area contributed by atoms with Gasteiger partial charge in [0.25, 0.3) is 0 Å². The molecule has 2 aromatic carbocycles. The van der Waals surface area contributed by atoms with E-state index in [0.717, 1.165) is 11.3 Å².